The molecular weight excluding hydrogens is 268 g/mol. The molecule has 0 saturated carbocycles. The minimum atomic E-state index is -0.424. The maximum absolute atomic E-state index is 11.4. The number of primary amides is 1. The summed E-state index contributed by atoms with van der Waals surface area (Å²) in [6.07, 6.45) is 0. The van der Waals surface area contributed by atoms with Gasteiger partial charge in [0.05, 0.1) is 0 Å². The molecule has 0 radical (unpaired) electrons. The first-order chi connectivity index (χ1) is 7.41. The van der Waals surface area contributed by atoms with E-state index in [1.165, 1.54) is 0 Å². The molecule has 1 atom stereocenters. The lowest BCUT2D eigenvalue weighted by atomic mass is 10.0. The third-order valence-corrected chi connectivity index (χ3v) is 3.19. The molecule has 0 bridgehead atoms. The number of carbonyl (C=O) groups excluding carboxylic acids is 1. The van der Waals surface area contributed by atoms with Gasteiger partial charge in [-0.1, -0.05) is 28.1 Å². The van der Waals surface area contributed by atoms with Crippen molar-refractivity contribution < 1.29 is 4.79 Å². The van der Waals surface area contributed by atoms with Crippen molar-refractivity contribution in [3.8, 4) is 0 Å². The first kappa shape index (κ1) is 13.2. The molecule has 16 heavy (non-hydrogen) atoms. The Balaban J connectivity index is 3.01. The number of benzene rings is 1. The lowest BCUT2D eigenvalue weighted by molar-refractivity contribution is -0.120. The standard InChI is InChI=1S/C12H17BrN2O/c1-7(2)15-11(12(14)16)9-4-5-10(13)8(3)6-9/h4-7,11,15H,1-3H3,(H2,14,16). The van der Waals surface area contributed by atoms with Crippen LogP contribution in [0.2, 0.25) is 0 Å². The van der Waals surface area contributed by atoms with Crippen LogP contribution in [0.15, 0.2) is 22.7 Å². The zero-order valence-electron chi connectivity index (χ0n) is 9.75. The molecule has 3 nitrogen and oxygen atoms in total. The molecule has 0 fully saturated rings. The number of aryl methyl sites for hydroxylation is 1. The Kier molecular flexibility index (Phi) is 4.50. The fraction of sp³-hybridized carbons (Fsp3) is 0.417. The Morgan fingerprint density at radius 1 is 1.44 bits per heavy atom. The van der Waals surface area contributed by atoms with E-state index in [4.69, 9.17) is 5.73 Å². The number of halogens is 1. The Labute approximate surface area is 105 Å². The normalized spacial score (nSPS) is 12.8. The number of amides is 1. The van der Waals surface area contributed by atoms with Gasteiger partial charge in [0.15, 0.2) is 0 Å². The highest BCUT2D eigenvalue weighted by Crippen LogP contribution is 2.21. The summed E-state index contributed by atoms with van der Waals surface area (Å²) >= 11 is 3.43. The maximum atomic E-state index is 11.4. The quantitative estimate of drug-likeness (QED) is 0.891. The third kappa shape index (κ3) is 3.32. The molecule has 0 spiro atoms. The molecule has 3 N–H and O–H groups in total. The third-order valence-electron chi connectivity index (χ3n) is 2.30. The number of carbonyl (C=O) groups is 1. The van der Waals surface area contributed by atoms with Gasteiger partial charge in [0.1, 0.15) is 6.04 Å². The molecule has 1 aromatic carbocycles. The average molecular weight is 285 g/mol. The summed E-state index contributed by atoms with van der Waals surface area (Å²) in [5, 5.41) is 3.15. The van der Waals surface area contributed by atoms with E-state index in [0.29, 0.717) is 0 Å². The number of hydrogen-bond acceptors (Lipinski definition) is 2. The number of nitrogens with one attached hydrogen (secondary N) is 1. The van der Waals surface area contributed by atoms with Gasteiger partial charge in [0.2, 0.25) is 5.91 Å². The van der Waals surface area contributed by atoms with E-state index in [9.17, 15) is 4.79 Å². The highest BCUT2D eigenvalue weighted by atomic mass is 79.9. The molecular formula is C12H17BrN2O. The van der Waals surface area contributed by atoms with Crippen LogP contribution in [0.5, 0.6) is 0 Å². The van der Waals surface area contributed by atoms with Gasteiger partial charge in [-0.15, -0.1) is 0 Å². The molecule has 0 aliphatic carbocycles. The van der Waals surface area contributed by atoms with Crippen LogP contribution >= 0.6 is 15.9 Å². The predicted molar refractivity (Wildman–Crippen MR) is 69.1 cm³/mol. The van der Waals surface area contributed by atoms with Crippen molar-refractivity contribution in [3.05, 3.63) is 33.8 Å². The van der Waals surface area contributed by atoms with Crippen LogP contribution in [0.1, 0.15) is 31.0 Å². The van der Waals surface area contributed by atoms with Crippen molar-refractivity contribution in [2.75, 3.05) is 0 Å². The minimum Gasteiger partial charge on any atom is -0.368 e. The first-order valence-corrected chi connectivity index (χ1v) is 6.02. The number of nitrogens with two attached hydrogens (primary N) is 1. The average Bonchev–Trinajstić information content (AvgIpc) is 2.18. The summed E-state index contributed by atoms with van der Waals surface area (Å²) in [4.78, 5) is 11.4. The molecule has 0 aromatic heterocycles. The van der Waals surface area contributed by atoms with Crippen molar-refractivity contribution in [2.45, 2.75) is 32.9 Å². The Bertz CT molecular complexity index is 391. The van der Waals surface area contributed by atoms with Crippen molar-refractivity contribution in [1.29, 1.82) is 0 Å². The second-order valence-electron chi connectivity index (χ2n) is 4.17. The van der Waals surface area contributed by atoms with E-state index in [1.54, 1.807) is 0 Å². The monoisotopic (exact) mass is 284 g/mol. The van der Waals surface area contributed by atoms with Gasteiger partial charge >= 0.3 is 0 Å². The summed E-state index contributed by atoms with van der Waals surface area (Å²) in [5.74, 6) is -0.351. The van der Waals surface area contributed by atoms with Gasteiger partial charge < -0.3 is 5.73 Å². The zero-order chi connectivity index (χ0) is 12.3. The largest absolute Gasteiger partial charge is 0.368 e. The van der Waals surface area contributed by atoms with Gasteiger partial charge in [-0.3, -0.25) is 10.1 Å². The van der Waals surface area contributed by atoms with Crippen molar-refractivity contribution in [2.24, 2.45) is 5.73 Å². The molecule has 0 aliphatic heterocycles. The predicted octanol–water partition coefficient (Wildman–Crippen LogP) is 2.28. The van der Waals surface area contributed by atoms with Gasteiger partial charge in [0.25, 0.3) is 0 Å². The van der Waals surface area contributed by atoms with Crippen LogP contribution in [0.4, 0.5) is 0 Å². The topological polar surface area (TPSA) is 55.1 Å². The highest BCUT2D eigenvalue weighted by Gasteiger charge is 2.18. The van der Waals surface area contributed by atoms with Crippen LogP contribution in [0.3, 0.4) is 0 Å². The second kappa shape index (κ2) is 5.46. The molecule has 1 aromatic rings. The fourth-order valence-corrected chi connectivity index (χ4v) is 1.77. The van der Waals surface area contributed by atoms with Crippen LogP contribution in [-0.2, 0) is 4.79 Å². The van der Waals surface area contributed by atoms with Crippen molar-refractivity contribution >= 4 is 21.8 Å². The molecule has 0 saturated heterocycles. The molecule has 88 valence electrons. The molecule has 1 amide bonds. The molecule has 0 heterocycles. The van der Waals surface area contributed by atoms with E-state index in [2.05, 4.69) is 21.2 Å². The Hall–Kier alpha value is -0.870. The zero-order valence-corrected chi connectivity index (χ0v) is 11.3. The lowest BCUT2D eigenvalue weighted by Gasteiger charge is -2.19. The Morgan fingerprint density at radius 3 is 2.50 bits per heavy atom. The number of hydrogen-bond donors (Lipinski definition) is 2. The van der Waals surface area contributed by atoms with Crippen LogP contribution in [0.25, 0.3) is 0 Å². The van der Waals surface area contributed by atoms with Crippen LogP contribution in [0, 0.1) is 6.92 Å². The van der Waals surface area contributed by atoms with E-state index < -0.39 is 6.04 Å². The SMILES string of the molecule is Cc1cc(C(NC(C)C)C(N)=O)ccc1Br. The van der Waals surface area contributed by atoms with Crippen molar-refractivity contribution in [3.63, 3.8) is 0 Å². The van der Waals surface area contributed by atoms with Gasteiger partial charge in [-0.25, -0.2) is 0 Å². The van der Waals surface area contributed by atoms with Gasteiger partial charge in [-0.2, -0.15) is 0 Å². The van der Waals surface area contributed by atoms with E-state index in [0.717, 1.165) is 15.6 Å². The molecule has 4 heteroatoms. The number of rotatable bonds is 4. The molecule has 0 aliphatic rings. The highest BCUT2D eigenvalue weighted by molar-refractivity contribution is 9.10. The van der Waals surface area contributed by atoms with Crippen LogP contribution in [-0.4, -0.2) is 11.9 Å². The summed E-state index contributed by atoms with van der Waals surface area (Å²) in [7, 11) is 0. The van der Waals surface area contributed by atoms with E-state index in [-0.39, 0.29) is 11.9 Å². The maximum Gasteiger partial charge on any atom is 0.239 e. The fourth-order valence-electron chi connectivity index (χ4n) is 1.52. The Morgan fingerprint density at radius 2 is 2.06 bits per heavy atom. The van der Waals surface area contributed by atoms with Crippen LogP contribution < -0.4 is 11.1 Å². The van der Waals surface area contributed by atoms with Gasteiger partial charge in [0, 0.05) is 10.5 Å². The second-order valence-corrected chi connectivity index (χ2v) is 5.02. The smallest absolute Gasteiger partial charge is 0.239 e. The van der Waals surface area contributed by atoms with E-state index >= 15 is 0 Å². The summed E-state index contributed by atoms with van der Waals surface area (Å²) in [6, 6.07) is 5.59. The minimum absolute atomic E-state index is 0.210. The van der Waals surface area contributed by atoms with Gasteiger partial charge in [-0.05, 0) is 38.0 Å². The summed E-state index contributed by atoms with van der Waals surface area (Å²) in [6.45, 7) is 5.96. The molecule has 1 rings (SSSR count). The summed E-state index contributed by atoms with van der Waals surface area (Å²) < 4.78 is 1.03. The first-order valence-electron chi connectivity index (χ1n) is 5.23. The summed E-state index contributed by atoms with van der Waals surface area (Å²) in [5.41, 5.74) is 7.39. The van der Waals surface area contributed by atoms with E-state index in [1.807, 2.05) is 39.0 Å². The molecule has 1 unspecified atom stereocenters. The lowest BCUT2D eigenvalue weighted by Crippen LogP contribution is -2.37. The van der Waals surface area contributed by atoms with Crippen molar-refractivity contribution in [1.82, 2.24) is 5.32 Å².